The highest BCUT2D eigenvalue weighted by Crippen LogP contribution is 2.44. The zero-order valence-electron chi connectivity index (χ0n) is 20.9. The number of halogens is 4. The molecule has 39 heavy (non-hydrogen) atoms. The molecule has 14 heteroatoms. The van der Waals surface area contributed by atoms with Gasteiger partial charge in [-0.3, -0.25) is 9.59 Å². The van der Waals surface area contributed by atoms with Gasteiger partial charge in [-0.25, -0.2) is 0 Å². The Kier molecular flexibility index (Phi) is 7.23. The molecule has 3 fully saturated rings. The van der Waals surface area contributed by atoms with Crippen LogP contribution >= 0.6 is 11.6 Å². The molecular weight excluding hydrogens is 541 g/mol. The van der Waals surface area contributed by atoms with Crippen LogP contribution in [0.25, 0.3) is 0 Å². The molecule has 1 spiro atoms. The van der Waals surface area contributed by atoms with Gasteiger partial charge in [-0.1, -0.05) is 17.7 Å². The van der Waals surface area contributed by atoms with Gasteiger partial charge >= 0.3 is 12.1 Å². The van der Waals surface area contributed by atoms with Crippen LogP contribution in [-0.4, -0.2) is 65.3 Å². The molecule has 0 bridgehead atoms. The smallest absolute Gasteiger partial charge is 0.429 e. The summed E-state index contributed by atoms with van der Waals surface area (Å²) in [5, 5.41) is 12.6. The van der Waals surface area contributed by atoms with E-state index in [2.05, 4.69) is 15.3 Å². The van der Waals surface area contributed by atoms with Crippen molar-refractivity contribution in [3.05, 3.63) is 34.9 Å². The van der Waals surface area contributed by atoms with E-state index < -0.39 is 24.3 Å². The molecule has 0 unspecified atom stereocenters. The number of carbonyl (C=O) groups is 2. The minimum atomic E-state index is -4.85. The van der Waals surface area contributed by atoms with Gasteiger partial charge in [0.1, 0.15) is 11.9 Å². The third-order valence-corrected chi connectivity index (χ3v) is 7.92. The van der Waals surface area contributed by atoms with Crippen molar-refractivity contribution in [1.82, 2.24) is 15.3 Å². The van der Waals surface area contributed by atoms with Gasteiger partial charge in [-0.15, -0.1) is 0 Å². The molecule has 4 N–H and O–H groups in total. The number of alkyl halides is 3. The third-order valence-electron chi connectivity index (χ3n) is 7.69. The Bertz CT molecular complexity index is 1270. The fraction of sp³-hybridized carbons (Fsp3) is 0.520. The molecule has 2 atom stereocenters. The van der Waals surface area contributed by atoms with Crippen LogP contribution in [0.2, 0.25) is 5.02 Å². The molecule has 3 saturated heterocycles. The summed E-state index contributed by atoms with van der Waals surface area (Å²) in [6.07, 6.45) is -4.63. The van der Waals surface area contributed by atoms with Crippen LogP contribution in [0.3, 0.4) is 0 Å². The van der Waals surface area contributed by atoms with Gasteiger partial charge in [-0.2, -0.15) is 23.1 Å². The Balaban J connectivity index is 1.39. The maximum Gasteiger partial charge on any atom is 0.429 e. The van der Waals surface area contributed by atoms with E-state index in [0.717, 1.165) is 0 Å². The number of nitrogen functional groups attached to an aromatic ring is 1. The van der Waals surface area contributed by atoms with Crippen molar-refractivity contribution in [2.45, 2.75) is 50.4 Å². The molecule has 4 heterocycles. The molecule has 1 aromatic carbocycles. The van der Waals surface area contributed by atoms with Crippen molar-refractivity contribution in [2.75, 3.05) is 41.7 Å². The van der Waals surface area contributed by atoms with Gasteiger partial charge < -0.3 is 30.7 Å². The second-order valence-electron chi connectivity index (χ2n) is 10.3. The molecule has 3 aliphatic rings. The Morgan fingerprint density at radius 1 is 1.23 bits per heavy atom. The molecule has 0 aliphatic carbocycles. The van der Waals surface area contributed by atoms with E-state index >= 15 is 0 Å². The van der Waals surface area contributed by atoms with Crippen molar-refractivity contribution in [3.8, 4) is 5.88 Å². The average molecular weight is 569 g/mol. The number of ether oxygens (including phenoxy) is 1. The molecule has 2 aromatic rings. The Labute approximate surface area is 227 Å². The lowest BCUT2D eigenvalue weighted by molar-refractivity contribution is -0.198. The predicted molar refractivity (Wildman–Crippen MR) is 137 cm³/mol. The molecule has 1 aromatic heterocycles. The van der Waals surface area contributed by atoms with Crippen LogP contribution in [0.15, 0.2) is 24.3 Å². The van der Waals surface area contributed by atoms with E-state index in [1.165, 1.54) is 29.2 Å². The first-order valence-corrected chi connectivity index (χ1v) is 13.0. The van der Waals surface area contributed by atoms with Gasteiger partial charge in [0.25, 0.3) is 0 Å². The number of benzene rings is 1. The molecule has 0 radical (unpaired) electrons. The van der Waals surface area contributed by atoms with Crippen LogP contribution in [0.5, 0.6) is 5.88 Å². The number of carboxylic acid groups (broad SMARTS) is 1. The van der Waals surface area contributed by atoms with Gasteiger partial charge in [0, 0.05) is 49.3 Å². The number of nitrogens with two attached hydrogens (primary N) is 1. The predicted octanol–water partition coefficient (Wildman–Crippen LogP) is 3.55. The second-order valence-corrected chi connectivity index (χ2v) is 10.7. The summed E-state index contributed by atoms with van der Waals surface area (Å²) in [5.41, 5.74) is 5.49. The fourth-order valence-electron chi connectivity index (χ4n) is 5.64. The molecule has 3 aliphatic heterocycles. The Morgan fingerprint density at radius 2 is 1.97 bits per heavy atom. The van der Waals surface area contributed by atoms with E-state index in [1.807, 2.05) is 4.90 Å². The second kappa shape index (κ2) is 10.3. The number of nitrogens with zero attached hydrogens (tertiary/aromatic N) is 4. The highest BCUT2D eigenvalue weighted by molar-refractivity contribution is 6.31. The number of nitrogens with one attached hydrogen (secondary N) is 1. The molecule has 5 rings (SSSR count). The monoisotopic (exact) mass is 568 g/mol. The lowest BCUT2D eigenvalue weighted by Crippen LogP contribution is -2.41. The lowest BCUT2D eigenvalue weighted by Gasteiger charge is -2.39. The summed E-state index contributed by atoms with van der Waals surface area (Å²) in [6, 6.07) is 4.59. The minimum Gasteiger partial charge on any atom is -0.480 e. The normalized spacial score (nSPS) is 21.9. The van der Waals surface area contributed by atoms with E-state index in [1.54, 1.807) is 0 Å². The van der Waals surface area contributed by atoms with Crippen molar-refractivity contribution in [3.63, 3.8) is 0 Å². The summed E-state index contributed by atoms with van der Waals surface area (Å²) in [4.78, 5) is 35.0. The first-order valence-electron chi connectivity index (χ1n) is 12.6. The maximum atomic E-state index is 14.4. The van der Waals surface area contributed by atoms with Crippen LogP contribution in [-0.2, 0) is 9.59 Å². The first kappa shape index (κ1) is 27.3. The van der Waals surface area contributed by atoms with Gasteiger partial charge in [0.2, 0.25) is 23.8 Å². The first-order chi connectivity index (χ1) is 18.4. The number of anilines is 3. The highest BCUT2D eigenvalue weighted by atomic mass is 35.5. The molecule has 10 nitrogen and oxygen atoms in total. The summed E-state index contributed by atoms with van der Waals surface area (Å²) in [7, 11) is 0. The SMILES string of the molecule is Nc1nc(O[C@H](c2ccc(Cl)cc2N2CCCC2=O)C(F)(F)F)cc(N2CCC3(CC2)CN[C@H](C(=O)O)C3)n1. The number of piperidine rings is 1. The standard InChI is InChI=1S/C25H28ClF3N6O4/c26-14-3-4-15(17(10-14)35-7-1-2-20(35)36)21(25(27,28)29)39-19-11-18(32-23(30)33-19)34-8-5-24(6-9-34)12-16(22(37)38)31-13-24/h3-4,10-11,16,21,31H,1-2,5-9,12-13H2,(H,37,38)(H2,30,32,33)/t16-,21+/m0/s1. The van der Waals surface area contributed by atoms with Crippen LogP contribution in [0.1, 0.15) is 43.8 Å². The number of aromatic nitrogens is 2. The lowest BCUT2D eigenvalue weighted by atomic mass is 9.76. The summed E-state index contributed by atoms with van der Waals surface area (Å²) in [6.45, 7) is 1.91. The number of aliphatic carboxylic acids is 1. The van der Waals surface area contributed by atoms with E-state index in [-0.39, 0.29) is 52.4 Å². The van der Waals surface area contributed by atoms with Gasteiger partial charge in [-0.05, 0) is 43.2 Å². The number of hydrogen-bond donors (Lipinski definition) is 3. The van der Waals surface area contributed by atoms with Gasteiger partial charge in [0.15, 0.2) is 0 Å². The number of amides is 1. The number of carboxylic acids is 1. The zero-order valence-corrected chi connectivity index (χ0v) is 21.6. The fourth-order valence-corrected chi connectivity index (χ4v) is 5.80. The van der Waals surface area contributed by atoms with Crippen LogP contribution in [0.4, 0.5) is 30.6 Å². The van der Waals surface area contributed by atoms with Gasteiger partial charge in [0.05, 0.1) is 5.69 Å². The van der Waals surface area contributed by atoms with Crippen molar-refractivity contribution in [2.24, 2.45) is 5.41 Å². The van der Waals surface area contributed by atoms with Crippen LogP contribution in [0, 0.1) is 5.41 Å². The number of carbonyl (C=O) groups excluding carboxylic acids is 1. The largest absolute Gasteiger partial charge is 0.480 e. The minimum absolute atomic E-state index is 0.0424. The van der Waals surface area contributed by atoms with E-state index in [4.69, 9.17) is 22.1 Å². The third kappa shape index (κ3) is 5.69. The average Bonchev–Trinajstić information content (AvgIpc) is 3.49. The molecule has 210 valence electrons. The van der Waals surface area contributed by atoms with Crippen molar-refractivity contribution in [1.29, 1.82) is 0 Å². The number of rotatable bonds is 6. The Morgan fingerprint density at radius 3 is 2.59 bits per heavy atom. The molecule has 1 amide bonds. The maximum absolute atomic E-state index is 14.4. The topological polar surface area (TPSA) is 134 Å². The van der Waals surface area contributed by atoms with Crippen LogP contribution < -0.4 is 25.6 Å². The zero-order chi connectivity index (χ0) is 27.9. The summed E-state index contributed by atoms with van der Waals surface area (Å²) in [5.74, 6) is -1.45. The molecular formula is C25H28ClF3N6O4. The summed E-state index contributed by atoms with van der Waals surface area (Å²) < 4.78 is 48.6. The number of hydrogen-bond acceptors (Lipinski definition) is 8. The highest BCUT2D eigenvalue weighted by Gasteiger charge is 2.46. The van der Waals surface area contributed by atoms with E-state index in [0.29, 0.717) is 51.1 Å². The quantitative estimate of drug-likeness (QED) is 0.478. The summed E-state index contributed by atoms with van der Waals surface area (Å²) >= 11 is 6.08. The van der Waals surface area contributed by atoms with Crippen molar-refractivity contribution >= 4 is 40.9 Å². The van der Waals surface area contributed by atoms with Crippen molar-refractivity contribution < 1.29 is 32.6 Å². The van der Waals surface area contributed by atoms with E-state index in [9.17, 15) is 27.9 Å². The Hall–Kier alpha value is -3.32. The molecule has 0 saturated carbocycles.